The summed E-state index contributed by atoms with van der Waals surface area (Å²) in [5.74, 6) is 0.884. The van der Waals surface area contributed by atoms with Crippen LogP contribution in [0.1, 0.15) is 34.0 Å². The molecule has 0 aliphatic carbocycles. The number of halogens is 2. The topological polar surface area (TPSA) is 9.23 Å². The molecule has 0 aliphatic heterocycles. The van der Waals surface area contributed by atoms with Gasteiger partial charge in [0.2, 0.25) is 0 Å². The minimum Gasteiger partial charge on any atom is -0.494 e. The molecule has 0 N–H and O–H groups in total. The van der Waals surface area contributed by atoms with Gasteiger partial charge < -0.3 is 4.74 Å². The van der Waals surface area contributed by atoms with E-state index in [9.17, 15) is 0 Å². The van der Waals surface area contributed by atoms with Gasteiger partial charge in [0.15, 0.2) is 0 Å². The van der Waals surface area contributed by atoms with E-state index in [1.165, 1.54) is 4.88 Å². The Hall–Kier alpha value is -0.510. The van der Waals surface area contributed by atoms with Crippen LogP contribution in [-0.4, -0.2) is 6.61 Å². The summed E-state index contributed by atoms with van der Waals surface area (Å²) in [5.41, 5.74) is 1.07. The molecule has 2 aromatic rings. The van der Waals surface area contributed by atoms with Gasteiger partial charge in [-0.3, -0.25) is 0 Å². The molecule has 1 aromatic carbocycles. The van der Waals surface area contributed by atoms with E-state index >= 15 is 0 Å². The maximum atomic E-state index is 6.58. The van der Waals surface area contributed by atoms with Crippen LogP contribution in [0.25, 0.3) is 0 Å². The number of hydrogen-bond acceptors (Lipinski definition) is 2. The van der Waals surface area contributed by atoms with Gasteiger partial charge in [-0.1, -0.05) is 19.1 Å². The number of alkyl halides is 1. The molecule has 1 unspecified atom stereocenters. The summed E-state index contributed by atoms with van der Waals surface area (Å²) in [7, 11) is 0. The fourth-order valence-electron chi connectivity index (χ4n) is 1.81. The van der Waals surface area contributed by atoms with E-state index in [2.05, 4.69) is 35.8 Å². The lowest BCUT2D eigenvalue weighted by Gasteiger charge is -2.11. The van der Waals surface area contributed by atoms with Crippen LogP contribution >= 0.6 is 38.9 Å². The van der Waals surface area contributed by atoms with Crippen LogP contribution in [0.5, 0.6) is 5.75 Å². The van der Waals surface area contributed by atoms with Crippen LogP contribution in [-0.2, 0) is 0 Å². The van der Waals surface area contributed by atoms with E-state index in [0.29, 0.717) is 0 Å². The Labute approximate surface area is 131 Å². The molecule has 0 saturated heterocycles. The fraction of sp³-hybridized carbons (Fsp3) is 0.333. The van der Waals surface area contributed by atoms with Crippen molar-refractivity contribution in [3.05, 3.63) is 50.1 Å². The molecule has 1 atom stereocenters. The van der Waals surface area contributed by atoms with E-state index in [1.54, 1.807) is 11.3 Å². The van der Waals surface area contributed by atoms with E-state index in [0.717, 1.165) is 33.7 Å². The lowest BCUT2D eigenvalue weighted by atomic mass is 10.1. The second-order valence-electron chi connectivity index (χ2n) is 4.35. The summed E-state index contributed by atoms with van der Waals surface area (Å²) < 4.78 is 6.73. The smallest absolute Gasteiger partial charge is 0.119 e. The fourth-order valence-corrected chi connectivity index (χ4v) is 4.21. The van der Waals surface area contributed by atoms with Gasteiger partial charge in [-0.05, 0) is 53.0 Å². The first-order chi connectivity index (χ1) is 9.11. The Morgan fingerprint density at radius 1 is 1.37 bits per heavy atom. The van der Waals surface area contributed by atoms with Gasteiger partial charge in [-0.25, -0.2) is 0 Å². The Morgan fingerprint density at radius 3 is 2.79 bits per heavy atom. The molecule has 1 heterocycles. The van der Waals surface area contributed by atoms with E-state index < -0.39 is 0 Å². The maximum absolute atomic E-state index is 6.58. The van der Waals surface area contributed by atoms with Crippen LogP contribution in [0, 0.1) is 6.92 Å². The van der Waals surface area contributed by atoms with Crippen molar-refractivity contribution < 1.29 is 4.74 Å². The standard InChI is InChI=1S/C15H16BrClOS/c1-3-7-18-12-6-4-5-11(9-12)14(17)15-13(16)8-10(2)19-15/h4-6,8-9,14H,3,7H2,1-2H3. The number of thiophene rings is 1. The highest BCUT2D eigenvalue weighted by Gasteiger charge is 2.17. The Bertz CT molecular complexity index is 553. The van der Waals surface area contributed by atoms with Crippen molar-refractivity contribution in [1.29, 1.82) is 0 Å². The number of rotatable bonds is 5. The van der Waals surface area contributed by atoms with Gasteiger partial charge in [-0.2, -0.15) is 0 Å². The SMILES string of the molecule is CCCOc1cccc(C(Cl)c2sc(C)cc2Br)c1. The molecule has 0 amide bonds. The van der Waals surface area contributed by atoms with Crippen LogP contribution in [0.4, 0.5) is 0 Å². The first-order valence-corrected chi connectivity index (χ1v) is 8.29. The molecule has 0 bridgehead atoms. The zero-order chi connectivity index (χ0) is 13.8. The molecule has 1 nitrogen and oxygen atoms in total. The summed E-state index contributed by atoms with van der Waals surface area (Å²) in [6.07, 6.45) is 1.00. The largest absolute Gasteiger partial charge is 0.494 e. The highest BCUT2D eigenvalue weighted by molar-refractivity contribution is 9.10. The number of aryl methyl sites for hydroxylation is 1. The molecule has 2 rings (SSSR count). The summed E-state index contributed by atoms with van der Waals surface area (Å²) in [6.45, 7) is 4.92. The van der Waals surface area contributed by atoms with Gasteiger partial charge in [0.25, 0.3) is 0 Å². The van der Waals surface area contributed by atoms with E-state index in [1.807, 2.05) is 24.3 Å². The number of ether oxygens (including phenoxy) is 1. The predicted octanol–water partition coefficient (Wildman–Crippen LogP) is 5.94. The third kappa shape index (κ3) is 3.74. The Kier molecular flexibility index (Phi) is 5.31. The molecule has 0 spiro atoms. The number of hydrogen-bond donors (Lipinski definition) is 0. The second kappa shape index (κ2) is 6.78. The highest BCUT2D eigenvalue weighted by Crippen LogP contribution is 2.40. The van der Waals surface area contributed by atoms with E-state index in [-0.39, 0.29) is 5.38 Å². The van der Waals surface area contributed by atoms with Crippen molar-refractivity contribution >= 4 is 38.9 Å². The summed E-state index contributed by atoms with van der Waals surface area (Å²) >= 11 is 11.9. The zero-order valence-electron chi connectivity index (χ0n) is 11.0. The van der Waals surface area contributed by atoms with Gasteiger partial charge in [0.1, 0.15) is 5.75 Å². The van der Waals surface area contributed by atoms with Crippen molar-refractivity contribution in [1.82, 2.24) is 0 Å². The molecular formula is C15H16BrClOS. The van der Waals surface area contributed by atoms with Crippen LogP contribution in [0.3, 0.4) is 0 Å². The number of benzene rings is 1. The van der Waals surface area contributed by atoms with Gasteiger partial charge in [0, 0.05) is 14.2 Å². The third-order valence-corrected chi connectivity index (χ3v) is 5.32. The monoisotopic (exact) mass is 358 g/mol. The van der Waals surface area contributed by atoms with Crippen LogP contribution < -0.4 is 4.74 Å². The van der Waals surface area contributed by atoms with Crippen molar-refractivity contribution in [2.75, 3.05) is 6.61 Å². The molecule has 0 saturated carbocycles. The molecule has 0 aliphatic rings. The maximum Gasteiger partial charge on any atom is 0.119 e. The van der Waals surface area contributed by atoms with Crippen molar-refractivity contribution in [3.63, 3.8) is 0 Å². The van der Waals surface area contributed by atoms with E-state index in [4.69, 9.17) is 16.3 Å². The Balaban J connectivity index is 2.23. The third-order valence-electron chi connectivity index (χ3n) is 2.69. The molecule has 4 heteroatoms. The molecule has 0 radical (unpaired) electrons. The summed E-state index contributed by atoms with van der Waals surface area (Å²) in [4.78, 5) is 2.40. The zero-order valence-corrected chi connectivity index (χ0v) is 14.1. The average molecular weight is 360 g/mol. The highest BCUT2D eigenvalue weighted by atomic mass is 79.9. The lowest BCUT2D eigenvalue weighted by molar-refractivity contribution is 0.317. The lowest BCUT2D eigenvalue weighted by Crippen LogP contribution is -1.97. The van der Waals surface area contributed by atoms with Gasteiger partial charge in [-0.15, -0.1) is 22.9 Å². The second-order valence-corrected chi connectivity index (χ2v) is 6.93. The Morgan fingerprint density at radius 2 is 2.16 bits per heavy atom. The normalized spacial score (nSPS) is 12.4. The molecular weight excluding hydrogens is 344 g/mol. The van der Waals surface area contributed by atoms with Crippen molar-refractivity contribution in [3.8, 4) is 5.75 Å². The molecule has 1 aromatic heterocycles. The predicted molar refractivity (Wildman–Crippen MR) is 86.7 cm³/mol. The van der Waals surface area contributed by atoms with Crippen LogP contribution in [0.15, 0.2) is 34.8 Å². The minimum absolute atomic E-state index is 0.141. The quantitative estimate of drug-likeness (QED) is 0.601. The summed E-state index contributed by atoms with van der Waals surface area (Å²) in [5, 5.41) is -0.141. The minimum atomic E-state index is -0.141. The summed E-state index contributed by atoms with van der Waals surface area (Å²) in [6, 6.07) is 10.1. The van der Waals surface area contributed by atoms with Crippen molar-refractivity contribution in [2.24, 2.45) is 0 Å². The van der Waals surface area contributed by atoms with Gasteiger partial charge in [0.05, 0.1) is 12.0 Å². The molecule has 19 heavy (non-hydrogen) atoms. The molecule has 0 fully saturated rings. The first-order valence-electron chi connectivity index (χ1n) is 6.24. The average Bonchev–Trinajstić information content (AvgIpc) is 2.75. The van der Waals surface area contributed by atoms with Crippen LogP contribution in [0.2, 0.25) is 0 Å². The molecule has 102 valence electrons. The van der Waals surface area contributed by atoms with Gasteiger partial charge >= 0.3 is 0 Å². The first kappa shape index (κ1) is 14.9. The van der Waals surface area contributed by atoms with Crippen molar-refractivity contribution in [2.45, 2.75) is 25.6 Å².